The first-order valence-electron chi connectivity index (χ1n) is 14.3. The molecule has 6 nitrogen and oxygen atoms in total. The third-order valence-electron chi connectivity index (χ3n) is 9.22. The Hall–Kier alpha value is -4.06. The second-order valence-electron chi connectivity index (χ2n) is 11.1. The number of fused-ring (bicyclic) bond motifs is 9. The summed E-state index contributed by atoms with van der Waals surface area (Å²) in [6.07, 6.45) is 9.18. The van der Waals surface area contributed by atoms with Crippen LogP contribution in [0, 0.1) is 0 Å². The van der Waals surface area contributed by atoms with Gasteiger partial charge in [-0.1, -0.05) is 12.1 Å². The Morgan fingerprint density at radius 1 is 0.600 bits per heavy atom. The standard InChI is InChI=1S/C34H30O6/c1-3-39-27-15-21-23(35)11-13-25(37)31(21)33-19(27)9-7-17-5-6-18-8-10-20-28(40-4-2)16-22-24(36)12-14-26(38)32(22)34(20)30(18)29(17)33/h5-6,11-14,33-34H,3-4,7-10,15-16H2,1-2H3. The van der Waals surface area contributed by atoms with Crippen molar-refractivity contribution in [2.75, 3.05) is 13.2 Å². The number of aryl methyl sites for hydroxylation is 2. The van der Waals surface area contributed by atoms with E-state index in [4.69, 9.17) is 9.47 Å². The Bertz CT molecular complexity index is 1510. The van der Waals surface area contributed by atoms with Gasteiger partial charge in [0.05, 0.1) is 13.2 Å². The van der Waals surface area contributed by atoms with Crippen molar-refractivity contribution in [3.8, 4) is 0 Å². The van der Waals surface area contributed by atoms with Crippen molar-refractivity contribution in [1.29, 1.82) is 0 Å². The molecular formula is C34H30O6. The second-order valence-corrected chi connectivity index (χ2v) is 11.1. The summed E-state index contributed by atoms with van der Waals surface area (Å²) in [6.45, 7) is 4.80. The van der Waals surface area contributed by atoms with Crippen LogP contribution < -0.4 is 0 Å². The summed E-state index contributed by atoms with van der Waals surface area (Å²) >= 11 is 0. The summed E-state index contributed by atoms with van der Waals surface area (Å²) in [5, 5.41) is 0. The van der Waals surface area contributed by atoms with E-state index in [-0.39, 0.29) is 23.1 Å². The number of carbonyl (C=O) groups excluding carboxylic acids is 4. The van der Waals surface area contributed by atoms with Gasteiger partial charge in [0.15, 0.2) is 23.1 Å². The fourth-order valence-corrected chi connectivity index (χ4v) is 7.69. The highest BCUT2D eigenvalue weighted by atomic mass is 16.5. The van der Waals surface area contributed by atoms with E-state index in [0.29, 0.717) is 48.3 Å². The zero-order valence-corrected chi connectivity index (χ0v) is 22.7. The number of hydrogen-bond acceptors (Lipinski definition) is 6. The molecule has 6 aliphatic rings. The van der Waals surface area contributed by atoms with Gasteiger partial charge < -0.3 is 9.47 Å². The minimum absolute atomic E-state index is 0.143. The van der Waals surface area contributed by atoms with Gasteiger partial charge in [-0.25, -0.2) is 0 Å². The molecule has 0 spiro atoms. The number of allylic oxidation sites excluding steroid dienone is 10. The fourth-order valence-electron chi connectivity index (χ4n) is 7.69. The average Bonchev–Trinajstić information content (AvgIpc) is 2.96. The Morgan fingerprint density at radius 3 is 1.40 bits per heavy atom. The molecule has 6 aliphatic carbocycles. The lowest BCUT2D eigenvalue weighted by Gasteiger charge is -2.43. The minimum Gasteiger partial charge on any atom is -0.498 e. The van der Waals surface area contributed by atoms with Crippen LogP contribution in [-0.4, -0.2) is 36.3 Å². The van der Waals surface area contributed by atoms with Gasteiger partial charge in [0.25, 0.3) is 0 Å². The Balaban J connectivity index is 1.53. The largest absolute Gasteiger partial charge is 0.498 e. The zero-order chi connectivity index (χ0) is 27.7. The summed E-state index contributed by atoms with van der Waals surface area (Å²) in [4.78, 5) is 53.2. The molecule has 202 valence electrons. The summed E-state index contributed by atoms with van der Waals surface area (Å²) in [5.41, 5.74) is 8.43. The molecule has 0 bridgehead atoms. The van der Waals surface area contributed by atoms with Gasteiger partial charge >= 0.3 is 0 Å². The van der Waals surface area contributed by atoms with E-state index < -0.39 is 11.8 Å². The predicted molar refractivity (Wildman–Crippen MR) is 147 cm³/mol. The van der Waals surface area contributed by atoms with Gasteiger partial charge in [0, 0.05) is 47.0 Å². The molecule has 0 saturated carbocycles. The van der Waals surface area contributed by atoms with E-state index in [1.165, 1.54) is 24.3 Å². The van der Waals surface area contributed by atoms with Crippen molar-refractivity contribution < 1.29 is 28.7 Å². The van der Waals surface area contributed by atoms with E-state index in [2.05, 4.69) is 12.1 Å². The molecule has 0 amide bonds. The quantitative estimate of drug-likeness (QED) is 0.497. The van der Waals surface area contributed by atoms with Crippen LogP contribution in [0.1, 0.15) is 73.6 Å². The average molecular weight is 535 g/mol. The van der Waals surface area contributed by atoms with E-state index >= 15 is 0 Å². The lowest BCUT2D eigenvalue weighted by atomic mass is 9.60. The van der Waals surface area contributed by atoms with Crippen molar-refractivity contribution >= 4 is 23.1 Å². The van der Waals surface area contributed by atoms with Crippen molar-refractivity contribution in [3.05, 3.63) is 104 Å². The maximum Gasteiger partial charge on any atom is 0.183 e. The lowest BCUT2D eigenvalue weighted by Crippen LogP contribution is -2.34. The van der Waals surface area contributed by atoms with Crippen molar-refractivity contribution in [2.45, 2.75) is 64.2 Å². The molecule has 0 N–H and O–H groups in total. The third-order valence-corrected chi connectivity index (χ3v) is 9.22. The molecule has 40 heavy (non-hydrogen) atoms. The molecule has 0 aromatic heterocycles. The first kappa shape index (κ1) is 24.9. The summed E-state index contributed by atoms with van der Waals surface area (Å²) < 4.78 is 12.3. The minimum atomic E-state index is -0.420. The number of ether oxygens (including phenoxy) is 2. The van der Waals surface area contributed by atoms with E-state index in [1.54, 1.807) is 0 Å². The van der Waals surface area contributed by atoms with Crippen LogP contribution in [0.25, 0.3) is 0 Å². The topological polar surface area (TPSA) is 86.7 Å². The van der Waals surface area contributed by atoms with Gasteiger partial charge in [-0.15, -0.1) is 0 Å². The molecule has 0 fully saturated rings. The normalized spacial score (nSPS) is 24.9. The Morgan fingerprint density at radius 2 is 1.00 bits per heavy atom. The van der Waals surface area contributed by atoms with E-state index in [9.17, 15) is 19.2 Å². The third kappa shape index (κ3) is 3.48. The van der Waals surface area contributed by atoms with Crippen LogP contribution in [0.5, 0.6) is 0 Å². The molecule has 0 saturated heterocycles. The lowest BCUT2D eigenvalue weighted by molar-refractivity contribution is -0.115. The van der Waals surface area contributed by atoms with Gasteiger partial charge in [-0.2, -0.15) is 0 Å². The van der Waals surface area contributed by atoms with E-state index in [0.717, 1.165) is 70.6 Å². The van der Waals surface area contributed by atoms with Gasteiger partial charge in [-0.3, -0.25) is 19.2 Å². The highest BCUT2D eigenvalue weighted by Crippen LogP contribution is 2.56. The van der Waals surface area contributed by atoms with Crippen LogP contribution in [0.4, 0.5) is 0 Å². The molecular weight excluding hydrogens is 504 g/mol. The fraction of sp³-hybridized carbons (Fsp3) is 0.353. The molecule has 1 aromatic rings. The Labute approximate surface area is 232 Å². The van der Waals surface area contributed by atoms with Crippen LogP contribution in [0.2, 0.25) is 0 Å². The monoisotopic (exact) mass is 534 g/mol. The van der Waals surface area contributed by atoms with Gasteiger partial charge in [-0.05, 0) is 97.2 Å². The first-order chi connectivity index (χ1) is 19.4. The highest BCUT2D eigenvalue weighted by Gasteiger charge is 2.47. The van der Waals surface area contributed by atoms with E-state index in [1.807, 2.05) is 13.8 Å². The number of ketones is 4. The van der Waals surface area contributed by atoms with Crippen LogP contribution in [0.3, 0.4) is 0 Å². The predicted octanol–water partition coefficient (Wildman–Crippen LogP) is 5.14. The van der Waals surface area contributed by atoms with Crippen molar-refractivity contribution in [3.63, 3.8) is 0 Å². The van der Waals surface area contributed by atoms with Crippen molar-refractivity contribution in [1.82, 2.24) is 0 Å². The van der Waals surface area contributed by atoms with Gasteiger partial charge in [0.2, 0.25) is 0 Å². The number of hydrogen-bond donors (Lipinski definition) is 0. The highest BCUT2D eigenvalue weighted by molar-refractivity contribution is 6.22. The molecule has 2 unspecified atom stereocenters. The van der Waals surface area contributed by atoms with Gasteiger partial charge in [0.1, 0.15) is 11.5 Å². The number of rotatable bonds is 4. The maximum absolute atomic E-state index is 13.5. The number of carbonyl (C=O) groups is 4. The molecule has 7 rings (SSSR count). The van der Waals surface area contributed by atoms with Crippen LogP contribution in [0.15, 0.2) is 81.4 Å². The second kappa shape index (κ2) is 9.26. The van der Waals surface area contributed by atoms with Crippen molar-refractivity contribution in [2.24, 2.45) is 0 Å². The smallest absolute Gasteiger partial charge is 0.183 e. The first-order valence-corrected chi connectivity index (χ1v) is 14.3. The molecule has 0 aliphatic heterocycles. The summed E-state index contributed by atoms with van der Waals surface area (Å²) in [7, 11) is 0. The summed E-state index contributed by atoms with van der Waals surface area (Å²) in [6, 6.07) is 4.30. The molecule has 1 aromatic carbocycles. The van der Waals surface area contributed by atoms with Crippen LogP contribution >= 0.6 is 0 Å². The molecule has 2 atom stereocenters. The summed E-state index contributed by atoms with van der Waals surface area (Å²) in [5.74, 6) is 0.133. The SMILES string of the molecule is CCOC1=C2CCc3ccc4c(c3C2C2=C(C1)C(=O)C=CC2=O)C1C(=C(OCC)CC2=C1C(=O)C=CC2=O)CC4. The zero-order valence-electron chi connectivity index (χ0n) is 22.7. The number of benzene rings is 1. The van der Waals surface area contributed by atoms with Crippen LogP contribution in [-0.2, 0) is 41.5 Å². The molecule has 0 heterocycles. The molecule has 6 heteroatoms. The Kier molecular flexibility index (Phi) is 5.77. The maximum atomic E-state index is 13.5. The molecule has 0 radical (unpaired) electrons.